The lowest BCUT2D eigenvalue weighted by Gasteiger charge is -2.06. The summed E-state index contributed by atoms with van der Waals surface area (Å²) in [6, 6.07) is 10.8. The van der Waals surface area contributed by atoms with Gasteiger partial charge in [-0.3, -0.25) is 0 Å². The highest BCUT2D eigenvalue weighted by Gasteiger charge is 1.98. The number of aromatic nitrogens is 2. The first-order valence-electron chi connectivity index (χ1n) is 4.71. The topological polar surface area (TPSA) is 64.5 Å². The first-order chi connectivity index (χ1) is 8.17. The molecule has 2 rings (SSSR count). The van der Waals surface area contributed by atoms with Gasteiger partial charge in [-0.15, -0.1) is 0 Å². The number of nitriles is 1. The number of anilines is 2. The fourth-order valence-electron chi connectivity index (χ4n) is 1.28. The number of nitrogens with zero attached hydrogens (tertiary/aromatic N) is 2. The van der Waals surface area contributed by atoms with Gasteiger partial charge in [0.2, 0.25) is 5.28 Å². The highest BCUT2D eigenvalue weighted by Crippen LogP contribution is 2.16. The van der Waals surface area contributed by atoms with E-state index in [-0.39, 0.29) is 5.28 Å². The molecule has 17 heavy (non-hydrogen) atoms. The minimum atomic E-state index is 0.230. The first-order valence-corrected chi connectivity index (χ1v) is 5.50. The number of H-pyrrole nitrogens is 1. The van der Waals surface area contributed by atoms with Crippen molar-refractivity contribution in [2.75, 3.05) is 5.32 Å². The second-order valence-corrected chi connectivity index (χ2v) is 4.01. The standard InChI is InChI=1S/C11H7ClN4S/c12-11-15-9(5-10(17)16-11)14-8-3-1-7(6-13)2-4-8/h1-5H,(H2,14,15,16,17). The van der Waals surface area contributed by atoms with Crippen LogP contribution in [0.15, 0.2) is 30.3 Å². The molecule has 2 N–H and O–H groups in total. The second-order valence-electron chi connectivity index (χ2n) is 3.24. The molecule has 2 aromatic rings. The van der Waals surface area contributed by atoms with Crippen LogP contribution in [0.25, 0.3) is 0 Å². The molecule has 6 heteroatoms. The molecule has 0 atom stereocenters. The Morgan fingerprint density at radius 3 is 2.65 bits per heavy atom. The Morgan fingerprint density at radius 2 is 2.06 bits per heavy atom. The largest absolute Gasteiger partial charge is 0.342 e. The lowest BCUT2D eigenvalue weighted by atomic mass is 10.2. The number of halogens is 1. The maximum atomic E-state index is 8.67. The molecule has 1 aromatic heterocycles. The Balaban J connectivity index is 2.25. The van der Waals surface area contributed by atoms with Crippen molar-refractivity contribution >= 4 is 35.3 Å². The van der Waals surface area contributed by atoms with Gasteiger partial charge in [0, 0.05) is 11.8 Å². The molecule has 84 valence electrons. The van der Waals surface area contributed by atoms with Gasteiger partial charge in [0.15, 0.2) is 0 Å². The number of hydrogen-bond acceptors (Lipinski definition) is 4. The van der Waals surface area contributed by atoms with Crippen molar-refractivity contribution in [3.8, 4) is 6.07 Å². The molecule has 0 saturated heterocycles. The Hall–Kier alpha value is -1.90. The van der Waals surface area contributed by atoms with E-state index in [0.717, 1.165) is 5.69 Å². The summed E-state index contributed by atoms with van der Waals surface area (Å²) in [4.78, 5) is 6.68. The SMILES string of the molecule is N#Cc1ccc(Nc2cc(=S)nc(Cl)[nH]2)cc1. The van der Waals surface area contributed by atoms with E-state index < -0.39 is 0 Å². The second kappa shape index (κ2) is 4.95. The van der Waals surface area contributed by atoms with Crippen LogP contribution in [-0.2, 0) is 0 Å². The molecule has 0 fully saturated rings. The van der Waals surface area contributed by atoms with E-state index in [1.807, 2.05) is 0 Å². The number of aromatic amines is 1. The number of rotatable bonds is 2. The van der Waals surface area contributed by atoms with Crippen LogP contribution in [0.2, 0.25) is 5.28 Å². The van der Waals surface area contributed by atoms with Gasteiger partial charge in [-0.25, -0.2) is 4.98 Å². The summed E-state index contributed by atoms with van der Waals surface area (Å²) in [7, 11) is 0. The molecule has 0 spiro atoms. The molecule has 0 aliphatic heterocycles. The summed E-state index contributed by atoms with van der Waals surface area (Å²) in [5, 5.41) is 12.0. The van der Waals surface area contributed by atoms with Crippen LogP contribution in [0.5, 0.6) is 0 Å². The van der Waals surface area contributed by atoms with E-state index in [1.165, 1.54) is 0 Å². The summed E-state index contributed by atoms with van der Waals surface area (Å²) >= 11 is 10.7. The van der Waals surface area contributed by atoms with Gasteiger partial charge >= 0.3 is 0 Å². The van der Waals surface area contributed by atoms with Crippen LogP contribution in [-0.4, -0.2) is 9.97 Å². The lowest BCUT2D eigenvalue weighted by Crippen LogP contribution is -1.95. The van der Waals surface area contributed by atoms with Crippen molar-refractivity contribution in [2.24, 2.45) is 0 Å². The van der Waals surface area contributed by atoms with Crippen molar-refractivity contribution in [1.82, 2.24) is 9.97 Å². The zero-order valence-corrected chi connectivity index (χ0v) is 10.1. The number of hydrogen-bond donors (Lipinski definition) is 2. The highest BCUT2D eigenvalue weighted by atomic mass is 35.5. The smallest absolute Gasteiger partial charge is 0.202 e. The summed E-state index contributed by atoms with van der Waals surface area (Å²) in [5.41, 5.74) is 1.44. The Labute approximate surface area is 108 Å². The van der Waals surface area contributed by atoms with Crippen LogP contribution in [0, 0.1) is 16.0 Å². The van der Waals surface area contributed by atoms with Gasteiger partial charge in [0.1, 0.15) is 10.5 Å². The van der Waals surface area contributed by atoms with Crippen LogP contribution in [0.3, 0.4) is 0 Å². The Bertz CT molecular complexity index is 627. The van der Waals surface area contributed by atoms with E-state index in [9.17, 15) is 0 Å². The molecule has 0 amide bonds. The Kier molecular flexibility index (Phi) is 3.38. The molecule has 0 unspecified atom stereocenters. The van der Waals surface area contributed by atoms with Gasteiger partial charge in [0.25, 0.3) is 0 Å². The first kappa shape index (κ1) is 11.6. The quantitative estimate of drug-likeness (QED) is 0.643. The van der Waals surface area contributed by atoms with E-state index in [4.69, 9.17) is 29.1 Å². The molecular formula is C11H7ClN4S. The van der Waals surface area contributed by atoms with E-state index in [0.29, 0.717) is 16.0 Å². The van der Waals surface area contributed by atoms with Gasteiger partial charge < -0.3 is 10.3 Å². The third kappa shape index (κ3) is 3.03. The van der Waals surface area contributed by atoms with Crippen molar-refractivity contribution in [1.29, 1.82) is 5.26 Å². The molecule has 0 bridgehead atoms. The van der Waals surface area contributed by atoms with E-state index in [1.54, 1.807) is 30.3 Å². The molecule has 0 aliphatic carbocycles. The fraction of sp³-hybridized carbons (Fsp3) is 0. The Morgan fingerprint density at radius 1 is 1.35 bits per heavy atom. The van der Waals surface area contributed by atoms with Gasteiger partial charge in [-0.2, -0.15) is 5.26 Å². The maximum Gasteiger partial charge on any atom is 0.202 e. The van der Waals surface area contributed by atoms with E-state index >= 15 is 0 Å². The predicted molar refractivity (Wildman–Crippen MR) is 68.9 cm³/mol. The van der Waals surface area contributed by atoms with Crippen LogP contribution in [0.1, 0.15) is 5.56 Å². The molecule has 0 aliphatic rings. The highest BCUT2D eigenvalue weighted by molar-refractivity contribution is 7.71. The summed E-state index contributed by atoms with van der Waals surface area (Å²) in [5.74, 6) is 0.653. The predicted octanol–water partition coefficient (Wildman–Crippen LogP) is 3.41. The molecule has 0 saturated carbocycles. The van der Waals surface area contributed by atoms with Crippen LogP contribution >= 0.6 is 23.8 Å². The summed E-state index contributed by atoms with van der Waals surface area (Å²) in [6.45, 7) is 0. The molecule has 1 aromatic carbocycles. The third-order valence-electron chi connectivity index (χ3n) is 2.01. The minimum Gasteiger partial charge on any atom is -0.342 e. The zero-order valence-electron chi connectivity index (χ0n) is 8.57. The fourth-order valence-corrected chi connectivity index (χ4v) is 1.73. The maximum absolute atomic E-state index is 8.67. The summed E-state index contributed by atoms with van der Waals surface area (Å²) in [6.07, 6.45) is 0. The molecule has 0 radical (unpaired) electrons. The zero-order chi connectivity index (χ0) is 12.3. The van der Waals surface area contributed by atoms with Crippen LogP contribution in [0.4, 0.5) is 11.5 Å². The number of nitrogens with one attached hydrogen (secondary N) is 2. The van der Waals surface area contributed by atoms with Crippen molar-refractivity contribution < 1.29 is 0 Å². The summed E-state index contributed by atoms with van der Waals surface area (Å²) < 4.78 is 0.407. The minimum absolute atomic E-state index is 0.230. The van der Waals surface area contributed by atoms with Crippen molar-refractivity contribution in [2.45, 2.75) is 0 Å². The number of benzene rings is 1. The van der Waals surface area contributed by atoms with Crippen molar-refractivity contribution in [3.63, 3.8) is 0 Å². The molecule has 1 heterocycles. The van der Waals surface area contributed by atoms with Gasteiger partial charge in [0.05, 0.1) is 11.6 Å². The lowest BCUT2D eigenvalue weighted by molar-refractivity contribution is 1.15. The monoisotopic (exact) mass is 262 g/mol. The molecule has 4 nitrogen and oxygen atoms in total. The van der Waals surface area contributed by atoms with E-state index in [2.05, 4.69) is 21.4 Å². The average molecular weight is 263 g/mol. The van der Waals surface area contributed by atoms with Crippen LogP contribution < -0.4 is 5.32 Å². The molecular weight excluding hydrogens is 256 g/mol. The normalized spacial score (nSPS) is 9.65. The van der Waals surface area contributed by atoms with Crippen molar-refractivity contribution in [3.05, 3.63) is 45.8 Å². The van der Waals surface area contributed by atoms with Gasteiger partial charge in [-0.05, 0) is 35.9 Å². The third-order valence-corrected chi connectivity index (χ3v) is 2.40. The van der Waals surface area contributed by atoms with Gasteiger partial charge in [-0.1, -0.05) is 12.2 Å². The average Bonchev–Trinajstić information content (AvgIpc) is 2.28.